The maximum absolute atomic E-state index is 6.00. The molecule has 0 aliphatic rings. The molecule has 2 aromatic rings. The maximum Gasteiger partial charge on any atom is 0.174 e. The van der Waals surface area contributed by atoms with Crippen molar-refractivity contribution in [3.05, 3.63) is 33.0 Å². The topological polar surface area (TPSA) is 38.7 Å². The van der Waals surface area contributed by atoms with Gasteiger partial charge in [-0.15, -0.1) is 10.2 Å². The molecular weight excluding hydrogens is 285 g/mol. The van der Waals surface area contributed by atoms with Gasteiger partial charge in [0, 0.05) is 5.75 Å². The zero-order chi connectivity index (χ0) is 11.5. The minimum Gasteiger partial charge on any atom is -0.239 e. The van der Waals surface area contributed by atoms with Crippen molar-refractivity contribution < 1.29 is 0 Å². The Morgan fingerprint density at radius 2 is 2.12 bits per heavy atom. The molecule has 0 N–H and O–H groups in total. The number of halogens is 2. The molecule has 0 aliphatic heterocycles. The third-order valence-corrected chi connectivity index (χ3v) is 4.26. The third kappa shape index (κ3) is 3.07. The zero-order valence-corrected chi connectivity index (χ0v) is 11.4. The molecule has 0 aromatic carbocycles. The van der Waals surface area contributed by atoms with Crippen molar-refractivity contribution in [3.63, 3.8) is 0 Å². The van der Waals surface area contributed by atoms with Crippen LogP contribution in [0.3, 0.4) is 0 Å². The van der Waals surface area contributed by atoms with Gasteiger partial charge in [-0.3, -0.25) is 0 Å². The number of hydrogen-bond acceptors (Lipinski definition) is 5. The first-order valence-corrected chi connectivity index (χ1v) is 6.95. The van der Waals surface area contributed by atoms with Gasteiger partial charge < -0.3 is 0 Å². The Morgan fingerprint density at radius 1 is 1.31 bits per heavy atom. The first-order valence-electron chi connectivity index (χ1n) is 4.39. The molecule has 0 radical (unpaired) electrons. The van der Waals surface area contributed by atoms with Crippen LogP contribution in [-0.2, 0) is 5.75 Å². The molecule has 0 saturated carbocycles. The van der Waals surface area contributed by atoms with Gasteiger partial charge in [-0.2, -0.15) is 0 Å². The third-order valence-electron chi connectivity index (χ3n) is 1.72. The summed E-state index contributed by atoms with van der Waals surface area (Å²) in [5.74, 6) is 0.647. The molecule has 0 saturated heterocycles. The Morgan fingerprint density at radius 3 is 2.81 bits per heavy atom. The highest BCUT2D eigenvalue weighted by molar-refractivity contribution is 8.00. The van der Waals surface area contributed by atoms with E-state index in [9.17, 15) is 0 Å². The number of aryl methyl sites for hydroxylation is 1. The predicted molar refractivity (Wildman–Crippen MR) is 68.5 cm³/mol. The van der Waals surface area contributed by atoms with E-state index in [0.717, 1.165) is 15.0 Å². The second-order valence-electron chi connectivity index (χ2n) is 2.94. The SMILES string of the molecule is Cc1nnc(SCc2nc(Cl)ccc2Cl)s1. The van der Waals surface area contributed by atoms with Crippen LogP contribution in [0.2, 0.25) is 10.2 Å². The molecule has 0 spiro atoms. The smallest absolute Gasteiger partial charge is 0.174 e. The lowest BCUT2D eigenvalue weighted by atomic mass is 10.4. The van der Waals surface area contributed by atoms with Crippen LogP contribution < -0.4 is 0 Å². The molecule has 0 aliphatic carbocycles. The molecule has 3 nitrogen and oxygen atoms in total. The Bertz CT molecular complexity index is 501. The number of rotatable bonds is 3. The van der Waals surface area contributed by atoms with Gasteiger partial charge in [0.1, 0.15) is 10.2 Å². The fourth-order valence-corrected chi connectivity index (χ4v) is 3.21. The summed E-state index contributed by atoms with van der Waals surface area (Å²) in [6, 6.07) is 3.42. The summed E-state index contributed by atoms with van der Waals surface area (Å²) in [5.41, 5.74) is 0.770. The lowest BCUT2D eigenvalue weighted by molar-refractivity contribution is 0.983. The van der Waals surface area contributed by atoms with E-state index in [-0.39, 0.29) is 0 Å². The van der Waals surface area contributed by atoms with Crippen LogP contribution in [0.5, 0.6) is 0 Å². The van der Waals surface area contributed by atoms with Gasteiger partial charge in [0.2, 0.25) is 0 Å². The minimum absolute atomic E-state index is 0.452. The Kier molecular flexibility index (Phi) is 4.02. The van der Waals surface area contributed by atoms with E-state index in [2.05, 4.69) is 15.2 Å². The van der Waals surface area contributed by atoms with Crippen LogP contribution in [0.1, 0.15) is 10.7 Å². The molecule has 0 bridgehead atoms. The highest BCUT2D eigenvalue weighted by Crippen LogP contribution is 2.28. The molecule has 2 aromatic heterocycles. The molecule has 0 atom stereocenters. The Hall–Kier alpha value is -0.360. The van der Waals surface area contributed by atoms with Gasteiger partial charge >= 0.3 is 0 Å². The fourth-order valence-electron chi connectivity index (χ4n) is 1.03. The highest BCUT2D eigenvalue weighted by atomic mass is 35.5. The normalized spacial score (nSPS) is 10.7. The molecule has 0 amide bonds. The van der Waals surface area contributed by atoms with Crippen molar-refractivity contribution in [3.8, 4) is 0 Å². The van der Waals surface area contributed by atoms with Crippen LogP contribution in [-0.4, -0.2) is 15.2 Å². The van der Waals surface area contributed by atoms with E-state index < -0.39 is 0 Å². The van der Waals surface area contributed by atoms with Crippen molar-refractivity contribution in [2.45, 2.75) is 17.0 Å². The van der Waals surface area contributed by atoms with Crippen molar-refractivity contribution in [2.75, 3.05) is 0 Å². The average molecular weight is 292 g/mol. The lowest BCUT2D eigenvalue weighted by Crippen LogP contribution is -1.88. The van der Waals surface area contributed by atoms with Gasteiger partial charge in [0.05, 0.1) is 10.7 Å². The number of aromatic nitrogens is 3. The fraction of sp³-hybridized carbons (Fsp3) is 0.222. The van der Waals surface area contributed by atoms with Gasteiger partial charge in [-0.1, -0.05) is 46.3 Å². The molecule has 84 valence electrons. The first-order chi connectivity index (χ1) is 7.65. The molecule has 2 rings (SSSR count). The summed E-state index contributed by atoms with van der Waals surface area (Å²) in [6.45, 7) is 1.92. The second-order valence-corrected chi connectivity index (χ2v) is 6.14. The van der Waals surface area contributed by atoms with E-state index in [1.165, 1.54) is 0 Å². The number of hydrogen-bond donors (Lipinski definition) is 0. The monoisotopic (exact) mass is 291 g/mol. The largest absolute Gasteiger partial charge is 0.239 e. The molecule has 16 heavy (non-hydrogen) atoms. The van der Waals surface area contributed by atoms with Crippen LogP contribution in [0.25, 0.3) is 0 Å². The minimum atomic E-state index is 0.452. The van der Waals surface area contributed by atoms with Gasteiger partial charge in [-0.05, 0) is 19.1 Å². The quantitative estimate of drug-likeness (QED) is 0.636. The predicted octanol–water partition coefficient (Wildman–Crippen LogP) is 3.84. The van der Waals surface area contributed by atoms with Crippen LogP contribution >= 0.6 is 46.3 Å². The maximum atomic E-state index is 6.00. The number of nitrogens with zero attached hydrogens (tertiary/aromatic N) is 3. The first kappa shape index (κ1) is 12.1. The Labute approximate surface area is 111 Å². The van der Waals surface area contributed by atoms with Crippen molar-refractivity contribution >= 4 is 46.3 Å². The Balaban J connectivity index is 2.07. The molecule has 0 fully saturated rings. The van der Waals surface area contributed by atoms with Crippen LogP contribution in [0, 0.1) is 6.92 Å². The summed E-state index contributed by atoms with van der Waals surface area (Å²) >= 11 is 14.9. The van der Waals surface area contributed by atoms with Crippen molar-refractivity contribution in [1.82, 2.24) is 15.2 Å². The van der Waals surface area contributed by atoms with Crippen LogP contribution in [0.4, 0.5) is 0 Å². The van der Waals surface area contributed by atoms with Crippen molar-refractivity contribution in [1.29, 1.82) is 0 Å². The molecule has 2 heterocycles. The summed E-state index contributed by atoms with van der Waals surface area (Å²) in [4.78, 5) is 4.16. The van der Waals surface area contributed by atoms with Crippen molar-refractivity contribution in [2.24, 2.45) is 0 Å². The zero-order valence-electron chi connectivity index (χ0n) is 8.28. The summed E-state index contributed by atoms with van der Waals surface area (Å²) < 4.78 is 0.912. The standard InChI is InChI=1S/C9H7Cl2N3S2/c1-5-13-14-9(16-5)15-4-7-6(10)2-3-8(11)12-7/h2-3H,4H2,1H3. The summed E-state index contributed by atoms with van der Waals surface area (Å²) in [7, 11) is 0. The van der Waals surface area contributed by atoms with Gasteiger partial charge in [-0.25, -0.2) is 4.98 Å². The summed E-state index contributed by atoms with van der Waals surface area (Å²) in [5, 5.41) is 9.97. The van der Waals surface area contributed by atoms with E-state index in [1.807, 2.05) is 6.92 Å². The molecule has 7 heteroatoms. The number of pyridine rings is 1. The van der Waals surface area contributed by atoms with Gasteiger partial charge in [0.15, 0.2) is 4.34 Å². The van der Waals surface area contributed by atoms with E-state index in [4.69, 9.17) is 23.2 Å². The van der Waals surface area contributed by atoms with E-state index in [0.29, 0.717) is 15.9 Å². The molecule has 0 unspecified atom stereocenters. The lowest BCUT2D eigenvalue weighted by Gasteiger charge is -2.01. The average Bonchev–Trinajstić information content (AvgIpc) is 2.66. The number of thioether (sulfide) groups is 1. The van der Waals surface area contributed by atoms with Crippen LogP contribution in [0.15, 0.2) is 16.5 Å². The van der Waals surface area contributed by atoms with Gasteiger partial charge in [0.25, 0.3) is 0 Å². The second kappa shape index (κ2) is 5.31. The molecular formula is C9H7Cl2N3S2. The van der Waals surface area contributed by atoms with E-state index >= 15 is 0 Å². The summed E-state index contributed by atoms with van der Waals surface area (Å²) in [6.07, 6.45) is 0. The van der Waals surface area contributed by atoms with E-state index in [1.54, 1.807) is 35.2 Å². The highest BCUT2D eigenvalue weighted by Gasteiger charge is 2.06.